The Kier molecular flexibility index (Phi) is 4.84. The van der Waals surface area contributed by atoms with Gasteiger partial charge in [-0.25, -0.2) is 13.1 Å². The molecule has 118 valence electrons. The van der Waals surface area contributed by atoms with Gasteiger partial charge in [0, 0.05) is 19.2 Å². The third-order valence-electron chi connectivity index (χ3n) is 3.51. The van der Waals surface area contributed by atoms with Crippen LogP contribution in [0.3, 0.4) is 0 Å². The monoisotopic (exact) mass is 333 g/mol. The highest BCUT2D eigenvalue weighted by molar-refractivity contribution is 7.91. The first-order valence-electron chi connectivity index (χ1n) is 6.87. The molecule has 0 aromatic carbocycles. The SMILES string of the molecule is CCNc1sc(S(=O)(=O)NCC(C)C2CC2)cc1[N+](=O)[O-]. The summed E-state index contributed by atoms with van der Waals surface area (Å²) in [6.07, 6.45) is 2.30. The second-order valence-corrected chi connectivity index (χ2v) is 8.28. The van der Waals surface area contributed by atoms with Crippen molar-refractivity contribution in [1.82, 2.24) is 4.72 Å². The summed E-state index contributed by atoms with van der Waals surface area (Å²) in [5, 5.41) is 14.1. The summed E-state index contributed by atoms with van der Waals surface area (Å²) in [6, 6.07) is 1.12. The zero-order valence-corrected chi connectivity index (χ0v) is 13.6. The van der Waals surface area contributed by atoms with E-state index in [1.165, 1.54) is 0 Å². The van der Waals surface area contributed by atoms with Crippen LogP contribution in [0, 0.1) is 22.0 Å². The first-order valence-corrected chi connectivity index (χ1v) is 9.17. The molecule has 0 radical (unpaired) electrons. The third-order valence-corrected chi connectivity index (χ3v) is 6.49. The Balaban J connectivity index is 2.14. The van der Waals surface area contributed by atoms with Gasteiger partial charge in [0.1, 0.15) is 4.21 Å². The van der Waals surface area contributed by atoms with Crippen LogP contribution < -0.4 is 10.0 Å². The Labute approximate surface area is 127 Å². The fourth-order valence-electron chi connectivity index (χ4n) is 2.06. The van der Waals surface area contributed by atoms with E-state index < -0.39 is 14.9 Å². The van der Waals surface area contributed by atoms with Crippen molar-refractivity contribution < 1.29 is 13.3 Å². The third kappa shape index (κ3) is 3.92. The molecule has 21 heavy (non-hydrogen) atoms. The number of sulfonamides is 1. The van der Waals surface area contributed by atoms with E-state index >= 15 is 0 Å². The second kappa shape index (κ2) is 6.29. The minimum atomic E-state index is -3.69. The van der Waals surface area contributed by atoms with Crippen LogP contribution in [-0.2, 0) is 10.0 Å². The fraction of sp³-hybridized carbons (Fsp3) is 0.667. The van der Waals surface area contributed by atoms with E-state index in [2.05, 4.69) is 10.0 Å². The molecule has 1 heterocycles. The van der Waals surface area contributed by atoms with Gasteiger partial charge in [-0.3, -0.25) is 10.1 Å². The van der Waals surface area contributed by atoms with Crippen molar-refractivity contribution in [1.29, 1.82) is 0 Å². The van der Waals surface area contributed by atoms with Crippen molar-refractivity contribution in [2.75, 3.05) is 18.4 Å². The lowest BCUT2D eigenvalue weighted by atomic mass is 10.1. The molecule has 1 aliphatic carbocycles. The van der Waals surface area contributed by atoms with E-state index in [4.69, 9.17) is 0 Å². The standard InChI is InChI=1S/C12H19N3O4S2/c1-3-13-12-10(15(16)17)6-11(20-12)21(18,19)14-7-8(2)9-4-5-9/h6,8-9,13-14H,3-5,7H2,1-2H3. The summed E-state index contributed by atoms with van der Waals surface area (Å²) >= 11 is 0.892. The van der Waals surface area contributed by atoms with Crippen molar-refractivity contribution in [3.05, 3.63) is 16.2 Å². The topological polar surface area (TPSA) is 101 Å². The predicted octanol–water partition coefficient (Wildman–Crippen LogP) is 2.41. The van der Waals surface area contributed by atoms with Crippen molar-refractivity contribution in [3.63, 3.8) is 0 Å². The molecule has 0 amide bonds. The van der Waals surface area contributed by atoms with Crippen molar-refractivity contribution in [3.8, 4) is 0 Å². The van der Waals surface area contributed by atoms with Crippen LogP contribution in [0.15, 0.2) is 10.3 Å². The van der Waals surface area contributed by atoms with Crippen LogP contribution in [0.25, 0.3) is 0 Å². The molecule has 1 saturated carbocycles. The molecule has 1 aromatic rings. The quantitative estimate of drug-likeness (QED) is 0.562. The zero-order valence-electron chi connectivity index (χ0n) is 12.0. The number of thiophene rings is 1. The average molecular weight is 333 g/mol. The largest absolute Gasteiger partial charge is 0.372 e. The van der Waals surface area contributed by atoms with Gasteiger partial charge in [0.05, 0.1) is 4.92 Å². The van der Waals surface area contributed by atoms with Crippen LogP contribution in [0.2, 0.25) is 0 Å². The number of nitrogens with one attached hydrogen (secondary N) is 2. The van der Waals surface area contributed by atoms with Gasteiger partial charge in [0.25, 0.3) is 0 Å². The summed E-state index contributed by atoms with van der Waals surface area (Å²) in [5.74, 6) is 0.894. The normalized spacial score (nSPS) is 16.7. The molecule has 9 heteroatoms. The molecule has 0 aliphatic heterocycles. The number of nitro groups is 1. The molecule has 0 saturated heterocycles. The van der Waals surface area contributed by atoms with Gasteiger partial charge >= 0.3 is 5.69 Å². The highest BCUT2D eigenvalue weighted by Crippen LogP contribution is 2.38. The minimum Gasteiger partial charge on any atom is -0.372 e. The van der Waals surface area contributed by atoms with Crippen LogP contribution in [0.1, 0.15) is 26.7 Å². The van der Waals surface area contributed by atoms with E-state index in [9.17, 15) is 18.5 Å². The molecule has 0 spiro atoms. The molecule has 0 bridgehead atoms. The number of rotatable bonds is 8. The van der Waals surface area contributed by atoms with Gasteiger partial charge in [-0.2, -0.15) is 0 Å². The summed E-state index contributed by atoms with van der Waals surface area (Å²) < 4.78 is 27.0. The van der Waals surface area contributed by atoms with Gasteiger partial charge in [-0.1, -0.05) is 18.3 Å². The van der Waals surface area contributed by atoms with Gasteiger partial charge in [0.15, 0.2) is 5.00 Å². The second-order valence-electron chi connectivity index (χ2n) is 5.23. The highest BCUT2D eigenvalue weighted by Gasteiger charge is 2.30. The van der Waals surface area contributed by atoms with E-state index in [0.717, 1.165) is 30.2 Å². The number of anilines is 1. The average Bonchev–Trinajstić information content (AvgIpc) is 3.17. The molecular formula is C12H19N3O4S2. The molecule has 1 atom stereocenters. The molecule has 2 N–H and O–H groups in total. The van der Waals surface area contributed by atoms with E-state index in [-0.39, 0.29) is 14.9 Å². The Morgan fingerprint density at radius 1 is 1.52 bits per heavy atom. The molecule has 1 aliphatic rings. The van der Waals surface area contributed by atoms with E-state index in [1.54, 1.807) is 6.92 Å². The molecule has 1 aromatic heterocycles. The van der Waals surface area contributed by atoms with Gasteiger partial charge in [-0.15, -0.1) is 0 Å². The molecular weight excluding hydrogens is 314 g/mol. The number of hydrogen-bond donors (Lipinski definition) is 2. The predicted molar refractivity (Wildman–Crippen MR) is 82.2 cm³/mol. The first kappa shape index (κ1) is 16.2. The lowest BCUT2D eigenvalue weighted by Crippen LogP contribution is -2.28. The number of hydrogen-bond acceptors (Lipinski definition) is 6. The van der Waals surface area contributed by atoms with E-state index in [0.29, 0.717) is 24.9 Å². The van der Waals surface area contributed by atoms with Crippen molar-refractivity contribution in [2.24, 2.45) is 11.8 Å². The summed E-state index contributed by atoms with van der Waals surface area (Å²) in [7, 11) is -3.69. The van der Waals surface area contributed by atoms with Crippen LogP contribution >= 0.6 is 11.3 Å². The molecule has 2 rings (SSSR count). The molecule has 1 fully saturated rings. The summed E-state index contributed by atoms with van der Waals surface area (Å²) in [5.41, 5.74) is -0.197. The molecule has 1 unspecified atom stereocenters. The Bertz CT molecular complexity index is 622. The molecule has 7 nitrogen and oxygen atoms in total. The highest BCUT2D eigenvalue weighted by atomic mass is 32.2. The van der Waals surface area contributed by atoms with Gasteiger partial charge < -0.3 is 5.32 Å². The Hall–Kier alpha value is -1.19. The summed E-state index contributed by atoms with van der Waals surface area (Å²) in [4.78, 5) is 10.4. The zero-order chi connectivity index (χ0) is 15.6. The van der Waals surface area contributed by atoms with E-state index in [1.807, 2.05) is 6.92 Å². The van der Waals surface area contributed by atoms with Crippen LogP contribution in [0.5, 0.6) is 0 Å². The van der Waals surface area contributed by atoms with Crippen LogP contribution in [0.4, 0.5) is 10.7 Å². The minimum absolute atomic E-state index is 0.0202. The Morgan fingerprint density at radius 3 is 2.71 bits per heavy atom. The fourth-order valence-corrected chi connectivity index (χ4v) is 4.64. The number of nitrogens with zero attached hydrogens (tertiary/aromatic N) is 1. The van der Waals surface area contributed by atoms with Crippen LogP contribution in [-0.4, -0.2) is 26.4 Å². The smallest absolute Gasteiger partial charge is 0.304 e. The summed E-state index contributed by atoms with van der Waals surface area (Å²) in [6.45, 7) is 4.68. The van der Waals surface area contributed by atoms with Crippen molar-refractivity contribution in [2.45, 2.75) is 30.9 Å². The van der Waals surface area contributed by atoms with Gasteiger partial charge in [0.2, 0.25) is 10.0 Å². The maximum atomic E-state index is 12.2. The lowest BCUT2D eigenvalue weighted by molar-refractivity contribution is -0.383. The first-order chi connectivity index (χ1) is 9.85. The lowest BCUT2D eigenvalue weighted by Gasteiger charge is -2.10. The Morgan fingerprint density at radius 2 is 2.19 bits per heavy atom. The van der Waals surface area contributed by atoms with Crippen molar-refractivity contribution >= 4 is 32.0 Å². The maximum absolute atomic E-state index is 12.2. The maximum Gasteiger partial charge on any atom is 0.304 e. The van der Waals surface area contributed by atoms with Gasteiger partial charge in [-0.05, 0) is 31.6 Å².